The zero-order valence-electron chi connectivity index (χ0n) is 11.8. The molecule has 1 rings (SSSR count). The van der Waals surface area contributed by atoms with E-state index in [0.29, 0.717) is 24.2 Å². The lowest BCUT2D eigenvalue weighted by Crippen LogP contribution is -2.34. The molecule has 0 unspecified atom stereocenters. The quantitative estimate of drug-likeness (QED) is 0.845. The third-order valence-corrected chi connectivity index (χ3v) is 2.99. The van der Waals surface area contributed by atoms with Crippen LogP contribution in [0, 0.1) is 18.3 Å². The number of nitrogens with zero attached hydrogens (tertiary/aromatic N) is 4. The number of nitriles is 1. The predicted octanol–water partition coefficient (Wildman–Crippen LogP) is 1.68. The average molecular weight is 264 g/mol. The second-order valence-electron chi connectivity index (χ2n) is 4.80. The first-order valence-electron chi connectivity index (χ1n) is 6.30. The van der Waals surface area contributed by atoms with Crippen LogP contribution in [-0.4, -0.2) is 33.4 Å². The lowest BCUT2D eigenvalue weighted by atomic mass is 10.2. The van der Waals surface area contributed by atoms with Crippen molar-refractivity contribution in [3.8, 4) is 6.07 Å². The number of carboxylic acids is 1. The molecule has 0 amide bonds. The predicted molar refractivity (Wildman–Crippen MR) is 72.0 cm³/mol. The largest absolute Gasteiger partial charge is 0.481 e. The zero-order valence-corrected chi connectivity index (χ0v) is 11.8. The molecule has 0 spiro atoms. The van der Waals surface area contributed by atoms with E-state index < -0.39 is 5.97 Å². The van der Waals surface area contributed by atoms with Gasteiger partial charge in [0.05, 0.1) is 5.69 Å². The fourth-order valence-corrected chi connectivity index (χ4v) is 2.12. The maximum absolute atomic E-state index is 10.6. The topological polar surface area (TPSA) is 82.2 Å². The summed E-state index contributed by atoms with van der Waals surface area (Å²) in [5.74, 6) is -0.0363. The summed E-state index contributed by atoms with van der Waals surface area (Å²) in [7, 11) is 1.80. The monoisotopic (exact) mass is 264 g/mol. The van der Waals surface area contributed by atoms with Crippen LogP contribution < -0.4 is 4.90 Å². The van der Waals surface area contributed by atoms with Crippen LogP contribution in [0.25, 0.3) is 0 Å². The molecule has 0 bridgehead atoms. The highest BCUT2D eigenvalue weighted by molar-refractivity contribution is 5.66. The summed E-state index contributed by atoms with van der Waals surface area (Å²) in [6.45, 7) is 6.43. The highest BCUT2D eigenvalue weighted by atomic mass is 16.4. The molecule has 6 nitrogen and oxygen atoms in total. The van der Waals surface area contributed by atoms with E-state index in [1.165, 1.54) is 0 Å². The standard InChI is InChI=1S/C13H20N4O2/c1-9(2)17(7-5-6-12(18)19)13-11(8-14)10(3)15-16(13)4/h9H,5-7H2,1-4H3,(H,18,19). The molecule has 0 aliphatic rings. The zero-order chi connectivity index (χ0) is 14.6. The van der Waals surface area contributed by atoms with E-state index in [4.69, 9.17) is 5.11 Å². The Morgan fingerprint density at radius 2 is 2.21 bits per heavy atom. The maximum Gasteiger partial charge on any atom is 0.303 e. The van der Waals surface area contributed by atoms with Crippen LogP contribution in [0.15, 0.2) is 0 Å². The number of aliphatic carboxylic acids is 1. The SMILES string of the molecule is Cc1nn(C)c(N(CCCC(=O)O)C(C)C)c1C#N. The van der Waals surface area contributed by atoms with Crippen molar-refractivity contribution in [1.29, 1.82) is 5.26 Å². The number of carbonyl (C=O) groups is 1. The van der Waals surface area contributed by atoms with Crippen LogP contribution in [0.4, 0.5) is 5.82 Å². The first-order chi connectivity index (χ1) is 8.88. The van der Waals surface area contributed by atoms with Crippen LogP contribution in [0.3, 0.4) is 0 Å². The third kappa shape index (κ3) is 3.47. The minimum Gasteiger partial charge on any atom is -0.481 e. The Morgan fingerprint density at radius 3 is 2.68 bits per heavy atom. The highest BCUT2D eigenvalue weighted by Crippen LogP contribution is 2.24. The Bertz CT molecular complexity index is 499. The number of aryl methyl sites for hydroxylation is 2. The van der Waals surface area contributed by atoms with Crippen molar-refractivity contribution in [1.82, 2.24) is 9.78 Å². The summed E-state index contributed by atoms with van der Waals surface area (Å²) >= 11 is 0. The second-order valence-corrected chi connectivity index (χ2v) is 4.80. The van der Waals surface area contributed by atoms with E-state index in [9.17, 15) is 10.1 Å². The van der Waals surface area contributed by atoms with Gasteiger partial charge in [0.25, 0.3) is 0 Å². The molecule has 0 aromatic carbocycles. The maximum atomic E-state index is 10.6. The van der Waals surface area contributed by atoms with Crippen molar-refractivity contribution >= 4 is 11.8 Å². The summed E-state index contributed by atoms with van der Waals surface area (Å²) < 4.78 is 1.69. The fraction of sp³-hybridized carbons (Fsp3) is 0.615. The molecule has 1 aromatic rings. The van der Waals surface area contributed by atoms with Crippen molar-refractivity contribution in [3.63, 3.8) is 0 Å². The summed E-state index contributed by atoms with van der Waals surface area (Å²) in [6, 6.07) is 2.35. The molecule has 0 aliphatic carbocycles. The van der Waals surface area contributed by atoms with Gasteiger partial charge in [-0.15, -0.1) is 0 Å². The Kier molecular flexibility index (Phi) is 4.93. The lowest BCUT2D eigenvalue weighted by Gasteiger charge is -2.28. The molecular formula is C13H20N4O2. The third-order valence-electron chi connectivity index (χ3n) is 2.99. The number of hydrogen-bond donors (Lipinski definition) is 1. The van der Waals surface area contributed by atoms with Crippen molar-refractivity contribution in [2.75, 3.05) is 11.4 Å². The molecular weight excluding hydrogens is 244 g/mol. The number of hydrogen-bond acceptors (Lipinski definition) is 4. The molecule has 1 aromatic heterocycles. The Hall–Kier alpha value is -2.03. The number of carboxylic acid groups (broad SMARTS) is 1. The summed E-state index contributed by atoms with van der Waals surface area (Å²) in [4.78, 5) is 12.6. The summed E-state index contributed by atoms with van der Waals surface area (Å²) in [5.41, 5.74) is 1.26. The minimum atomic E-state index is -0.801. The van der Waals surface area contributed by atoms with Gasteiger partial charge in [-0.25, -0.2) is 0 Å². The average Bonchev–Trinajstić information content (AvgIpc) is 2.58. The van der Waals surface area contributed by atoms with E-state index in [1.807, 2.05) is 18.7 Å². The summed E-state index contributed by atoms with van der Waals surface area (Å²) in [6.07, 6.45) is 0.671. The van der Waals surface area contributed by atoms with Gasteiger partial charge in [-0.2, -0.15) is 10.4 Å². The molecule has 0 atom stereocenters. The van der Waals surface area contributed by atoms with Crippen LogP contribution in [0.5, 0.6) is 0 Å². The van der Waals surface area contributed by atoms with Gasteiger partial charge in [0, 0.05) is 26.1 Å². The molecule has 6 heteroatoms. The molecule has 0 radical (unpaired) electrons. The van der Waals surface area contributed by atoms with E-state index in [2.05, 4.69) is 11.2 Å². The molecule has 1 heterocycles. The first-order valence-corrected chi connectivity index (χ1v) is 6.30. The van der Waals surface area contributed by atoms with Crippen molar-refractivity contribution < 1.29 is 9.90 Å². The van der Waals surface area contributed by atoms with Gasteiger partial charge in [0.1, 0.15) is 17.5 Å². The van der Waals surface area contributed by atoms with Gasteiger partial charge >= 0.3 is 5.97 Å². The minimum absolute atomic E-state index is 0.127. The Balaban J connectivity index is 3.00. The number of anilines is 1. The van der Waals surface area contributed by atoms with E-state index >= 15 is 0 Å². The Morgan fingerprint density at radius 1 is 1.58 bits per heavy atom. The van der Waals surface area contributed by atoms with Crippen LogP contribution in [-0.2, 0) is 11.8 Å². The smallest absolute Gasteiger partial charge is 0.303 e. The first kappa shape index (κ1) is 15.0. The van der Waals surface area contributed by atoms with Gasteiger partial charge in [-0.1, -0.05) is 0 Å². The van der Waals surface area contributed by atoms with Gasteiger partial charge < -0.3 is 10.0 Å². The normalized spacial score (nSPS) is 10.5. The van der Waals surface area contributed by atoms with Gasteiger partial charge in [-0.3, -0.25) is 9.48 Å². The van der Waals surface area contributed by atoms with Crippen molar-refractivity contribution in [2.45, 2.75) is 39.7 Å². The Labute approximate surface area is 113 Å². The highest BCUT2D eigenvalue weighted by Gasteiger charge is 2.21. The molecule has 1 N–H and O–H groups in total. The van der Waals surface area contributed by atoms with E-state index in [1.54, 1.807) is 18.7 Å². The van der Waals surface area contributed by atoms with Gasteiger partial charge in [0.2, 0.25) is 0 Å². The number of rotatable bonds is 6. The van der Waals surface area contributed by atoms with Crippen LogP contribution in [0.2, 0.25) is 0 Å². The van der Waals surface area contributed by atoms with Crippen LogP contribution >= 0.6 is 0 Å². The van der Waals surface area contributed by atoms with Crippen LogP contribution in [0.1, 0.15) is 37.9 Å². The molecule has 0 saturated heterocycles. The van der Waals surface area contributed by atoms with Gasteiger partial charge in [-0.05, 0) is 27.2 Å². The number of aromatic nitrogens is 2. The second kappa shape index (κ2) is 6.23. The van der Waals surface area contributed by atoms with Crippen molar-refractivity contribution in [2.24, 2.45) is 7.05 Å². The molecule has 0 saturated carbocycles. The molecule has 104 valence electrons. The summed E-state index contributed by atoms with van der Waals surface area (Å²) in [5, 5.41) is 22.2. The van der Waals surface area contributed by atoms with Crippen molar-refractivity contribution in [3.05, 3.63) is 11.3 Å². The van der Waals surface area contributed by atoms with E-state index in [0.717, 1.165) is 5.82 Å². The lowest BCUT2D eigenvalue weighted by molar-refractivity contribution is -0.137. The fourth-order valence-electron chi connectivity index (χ4n) is 2.12. The molecule has 0 fully saturated rings. The molecule has 19 heavy (non-hydrogen) atoms. The van der Waals surface area contributed by atoms with E-state index in [-0.39, 0.29) is 12.5 Å². The molecule has 0 aliphatic heterocycles. The van der Waals surface area contributed by atoms with Gasteiger partial charge in [0.15, 0.2) is 0 Å².